The van der Waals surface area contributed by atoms with Gasteiger partial charge < -0.3 is 10.4 Å². The van der Waals surface area contributed by atoms with Gasteiger partial charge in [0.1, 0.15) is 0 Å². The van der Waals surface area contributed by atoms with Crippen LogP contribution in [0.15, 0.2) is 28.7 Å². The molecule has 0 radical (unpaired) electrons. The second-order valence-corrected chi connectivity index (χ2v) is 5.07. The van der Waals surface area contributed by atoms with E-state index in [0.717, 1.165) is 17.4 Å². The first kappa shape index (κ1) is 13.7. The largest absolute Gasteiger partial charge is 0.395 e. The quantitative estimate of drug-likeness (QED) is 0.842. The van der Waals surface area contributed by atoms with Crippen molar-refractivity contribution in [1.29, 1.82) is 0 Å². The molecule has 0 saturated heterocycles. The van der Waals surface area contributed by atoms with E-state index in [9.17, 15) is 0 Å². The minimum Gasteiger partial charge on any atom is -0.395 e. The second kappa shape index (κ2) is 7.05. The predicted molar refractivity (Wildman–Crippen MR) is 71.7 cm³/mol. The first-order valence-corrected chi connectivity index (χ1v) is 6.56. The topological polar surface area (TPSA) is 32.3 Å². The zero-order valence-corrected chi connectivity index (χ0v) is 11.5. The number of benzene rings is 1. The van der Waals surface area contributed by atoms with Gasteiger partial charge in [0, 0.05) is 17.1 Å². The van der Waals surface area contributed by atoms with Crippen LogP contribution >= 0.6 is 15.9 Å². The zero-order valence-electron chi connectivity index (χ0n) is 9.91. The Hall–Kier alpha value is -0.380. The van der Waals surface area contributed by atoms with Crippen LogP contribution in [0.4, 0.5) is 0 Å². The summed E-state index contributed by atoms with van der Waals surface area (Å²) in [7, 11) is 0. The molecule has 0 aliphatic heterocycles. The van der Waals surface area contributed by atoms with Gasteiger partial charge in [-0.15, -0.1) is 0 Å². The molecule has 1 aromatic rings. The summed E-state index contributed by atoms with van der Waals surface area (Å²) in [5.74, 6) is 0.457. The van der Waals surface area contributed by atoms with Crippen molar-refractivity contribution < 1.29 is 5.11 Å². The van der Waals surface area contributed by atoms with Crippen molar-refractivity contribution in [3.8, 4) is 0 Å². The van der Waals surface area contributed by atoms with Crippen LogP contribution in [0.2, 0.25) is 0 Å². The third kappa shape index (κ3) is 4.24. The Morgan fingerprint density at radius 3 is 2.75 bits per heavy atom. The molecule has 2 N–H and O–H groups in total. The van der Waals surface area contributed by atoms with E-state index in [2.05, 4.69) is 53.3 Å². The van der Waals surface area contributed by atoms with E-state index < -0.39 is 0 Å². The Kier molecular flexibility index (Phi) is 6.03. The summed E-state index contributed by atoms with van der Waals surface area (Å²) < 4.78 is 1.12. The lowest BCUT2D eigenvalue weighted by molar-refractivity contribution is 0.238. The summed E-state index contributed by atoms with van der Waals surface area (Å²) >= 11 is 3.48. The fraction of sp³-hybridized carbons (Fsp3) is 0.538. The van der Waals surface area contributed by atoms with Gasteiger partial charge in [0.15, 0.2) is 0 Å². The lowest BCUT2D eigenvalue weighted by Crippen LogP contribution is -2.34. The summed E-state index contributed by atoms with van der Waals surface area (Å²) in [5, 5.41) is 12.5. The summed E-state index contributed by atoms with van der Waals surface area (Å²) in [6.07, 6.45) is 0.960. The van der Waals surface area contributed by atoms with E-state index in [4.69, 9.17) is 5.11 Å². The number of hydrogen-bond acceptors (Lipinski definition) is 2. The van der Waals surface area contributed by atoms with Crippen molar-refractivity contribution in [1.82, 2.24) is 5.32 Å². The fourth-order valence-electron chi connectivity index (χ4n) is 1.61. The zero-order chi connectivity index (χ0) is 12.0. The van der Waals surface area contributed by atoms with Gasteiger partial charge in [-0.2, -0.15) is 0 Å². The van der Waals surface area contributed by atoms with Crippen molar-refractivity contribution in [2.45, 2.75) is 32.2 Å². The van der Waals surface area contributed by atoms with Gasteiger partial charge >= 0.3 is 0 Å². The van der Waals surface area contributed by atoms with E-state index in [1.54, 1.807) is 0 Å². The molecule has 16 heavy (non-hydrogen) atoms. The summed E-state index contributed by atoms with van der Waals surface area (Å²) in [6, 6.07) is 8.59. The normalized spacial score (nSPS) is 14.8. The molecule has 0 spiro atoms. The Bertz CT molecular complexity index is 313. The number of halogens is 1. The maximum absolute atomic E-state index is 9.08. The molecule has 1 aromatic carbocycles. The molecule has 0 bridgehead atoms. The predicted octanol–water partition coefficient (Wildman–Crippen LogP) is 2.91. The molecule has 2 unspecified atom stereocenters. The molecule has 2 atom stereocenters. The van der Waals surface area contributed by atoms with Crippen molar-refractivity contribution in [2.75, 3.05) is 13.2 Å². The van der Waals surface area contributed by atoms with Gasteiger partial charge in [0.05, 0.1) is 6.61 Å². The Balaban J connectivity index is 2.49. The molecule has 3 heteroatoms. The van der Waals surface area contributed by atoms with Gasteiger partial charge in [-0.3, -0.25) is 0 Å². The van der Waals surface area contributed by atoms with Crippen molar-refractivity contribution in [3.05, 3.63) is 34.3 Å². The van der Waals surface area contributed by atoms with Crippen LogP contribution < -0.4 is 5.32 Å². The Morgan fingerprint density at radius 2 is 2.19 bits per heavy atom. The van der Waals surface area contributed by atoms with Crippen LogP contribution in [0, 0.1) is 0 Å². The van der Waals surface area contributed by atoms with Crippen LogP contribution in [-0.4, -0.2) is 24.3 Å². The molecule has 0 amide bonds. The molecule has 0 aliphatic rings. The van der Waals surface area contributed by atoms with Crippen LogP contribution in [0.1, 0.15) is 31.7 Å². The monoisotopic (exact) mass is 285 g/mol. The van der Waals surface area contributed by atoms with Crippen LogP contribution in [0.25, 0.3) is 0 Å². The molecule has 0 heterocycles. The highest BCUT2D eigenvalue weighted by Crippen LogP contribution is 2.19. The average molecular weight is 286 g/mol. The molecule has 0 aromatic heterocycles. The van der Waals surface area contributed by atoms with Crippen molar-refractivity contribution in [2.24, 2.45) is 0 Å². The minimum absolute atomic E-state index is 0.210. The minimum atomic E-state index is 0.210. The summed E-state index contributed by atoms with van der Waals surface area (Å²) in [6.45, 7) is 5.38. The highest BCUT2D eigenvalue weighted by molar-refractivity contribution is 9.10. The molecule has 90 valence electrons. The van der Waals surface area contributed by atoms with Gasteiger partial charge in [-0.1, -0.05) is 41.9 Å². The molecule has 1 rings (SSSR count). The third-order valence-corrected chi connectivity index (χ3v) is 3.34. The molecule has 2 nitrogen and oxygen atoms in total. The Labute approximate surface area is 106 Å². The summed E-state index contributed by atoms with van der Waals surface area (Å²) in [5.41, 5.74) is 1.31. The SMILES string of the molecule is CCC(CO)NCC(C)c1cccc(Br)c1. The lowest BCUT2D eigenvalue weighted by Gasteiger charge is -2.18. The number of hydrogen-bond donors (Lipinski definition) is 2. The average Bonchev–Trinajstić information content (AvgIpc) is 2.30. The Morgan fingerprint density at radius 1 is 1.44 bits per heavy atom. The maximum Gasteiger partial charge on any atom is 0.0584 e. The molecule has 0 fully saturated rings. The highest BCUT2D eigenvalue weighted by atomic mass is 79.9. The third-order valence-electron chi connectivity index (χ3n) is 2.84. The standard InChI is InChI=1S/C13H20BrNO/c1-3-13(9-16)15-8-10(2)11-5-4-6-12(14)7-11/h4-7,10,13,15-16H,3,8-9H2,1-2H3. The van der Waals surface area contributed by atoms with Gasteiger partial charge in [-0.25, -0.2) is 0 Å². The van der Waals surface area contributed by atoms with Crippen LogP contribution in [0.5, 0.6) is 0 Å². The van der Waals surface area contributed by atoms with Crippen molar-refractivity contribution in [3.63, 3.8) is 0 Å². The van der Waals surface area contributed by atoms with Gasteiger partial charge in [-0.05, 0) is 30.0 Å². The van der Waals surface area contributed by atoms with Gasteiger partial charge in [0.2, 0.25) is 0 Å². The van der Waals surface area contributed by atoms with E-state index in [1.165, 1.54) is 5.56 Å². The fourth-order valence-corrected chi connectivity index (χ4v) is 2.03. The molecular formula is C13H20BrNO. The number of rotatable bonds is 6. The lowest BCUT2D eigenvalue weighted by atomic mass is 10.0. The highest BCUT2D eigenvalue weighted by Gasteiger charge is 2.08. The maximum atomic E-state index is 9.08. The van der Waals surface area contributed by atoms with Crippen LogP contribution in [-0.2, 0) is 0 Å². The molecular weight excluding hydrogens is 266 g/mol. The van der Waals surface area contributed by atoms with Gasteiger partial charge in [0.25, 0.3) is 0 Å². The molecule has 0 saturated carbocycles. The smallest absolute Gasteiger partial charge is 0.0584 e. The second-order valence-electron chi connectivity index (χ2n) is 4.15. The van der Waals surface area contributed by atoms with E-state index in [-0.39, 0.29) is 12.6 Å². The number of aliphatic hydroxyl groups excluding tert-OH is 1. The first-order valence-electron chi connectivity index (χ1n) is 5.77. The van der Waals surface area contributed by atoms with Crippen molar-refractivity contribution >= 4 is 15.9 Å². The van der Waals surface area contributed by atoms with E-state index in [0.29, 0.717) is 5.92 Å². The number of nitrogens with one attached hydrogen (secondary N) is 1. The first-order chi connectivity index (χ1) is 7.67. The molecule has 0 aliphatic carbocycles. The van der Waals surface area contributed by atoms with E-state index in [1.807, 2.05) is 6.07 Å². The van der Waals surface area contributed by atoms with E-state index >= 15 is 0 Å². The summed E-state index contributed by atoms with van der Waals surface area (Å²) in [4.78, 5) is 0. The van der Waals surface area contributed by atoms with Crippen LogP contribution in [0.3, 0.4) is 0 Å². The number of aliphatic hydroxyl groups is 1.